The van der Waals surface area contributed by atoms with Crippen LogP contribution in [0.4, 0.5) is 5.69 Å². The van der Waals surface area contributed by atoms with Crippen molar-refractivity contribution in [1.29, 1.82) is 0 Å². The predicted octanol–water partition coefficient (Wildman–Crippen LogP) is 5.61. The first-order valence-electron chi connectivity index (χ1n) is 8.01. The van der Waals surface area contributed by atoms with Crippen LogP contribution in [0.1, 0.15) is 22.3 Å². The van der Waals surface area contributed by atoms with Crippen molar-refractivity contribution in [2.45, 2.75) is 40.4 Å². The Morgan fingerprint density at radius 2 is 1.57 bits per heavy atom. The van der Waals surface area contributed by atoms with Gasteiger partial charge in [0.05, 0.1) is 5.69 Å². The second-order valence-electron chi connectivity index (χ2n) is 7.04. The van der Waals surface area contributed by atoms with Crippen LogP contribution in [0.5, 0.6) is 0 Å². The molecule has 0 saturated heterocycles. The highest BCUT2D eigenvalue weighted by Gasteiger charge is 2.11. The van der Waals surface area contributed by atoms with Gasteiger partial charge in [0.1, 0.15) is 13.8 Å². The lowest BCUT2D eigenvalue weighted by Gasteiger charge is -2.09. The monoisotopic (exact) mass is 319 g/mol. The second kappa shape index (κ2) is 6.98. The summed E-state index contributed by atoms with van der Waals surface area (Å²) in [5.74, 6) is 3.37. The van der Waals surface area contributed by atoms with E-state index in [1.807, 2.05) is 0 Å². The summed E-state index contributed by atoms with van der Waals surface area (Å²) >= 11 is 0. The first kappa shape index (κ1) is 17.2. The molecule has 0 amide bonds. The van der Waals surface area contributed by atoms with E-state index in [4.69, 9.17) is 4.99 Å². The molecule has 118 valence electrons. The highest BCUT2D eigenvalue weighted by molar-refractivity contribution is 6.84. The van der Waals surface area contributed by atoms with Gasteiger partial charge in [-0.05, 0) is 44.0 Å². The number of aliphatic imine (C=N–C) groups is 1. The van der Waals surface area contributed by atoms with E-state index in [1.165, 1.54) is 16.7 Å². The van der Waals surface area contributed by atoms with Crippen LogP contribution in [0, 0.1) is 32.2 Å². The summed E-state index contributed by atoms with van der Waals surface area (Å²) in [5.41, 5.74) is 10.2. The molecule has 0 unspecified atom stereocenters. The van der Waals surface area contributed by atoms with Crippen molar-refractivity contribution in [3.63, 3.8) is 0 Å². The average molecular weight is 320 g/mol. The Balaban J connectivity index is 2.57. The minimum absolute atomic E-state index is 0.873. The number of nitrogens with zero attached hydrogens (tertiary/aromatic N) is 1. The maximum Gasteiger partial charge on any atom is 0.129 e. The zero-order valence-electron chi connectivity index (χ0n) is 15.0. The van der Waals surface area contributed by atoms with Gasteiger partial charge in [-0.25, -0.2) is 4.99 Å². The Bertz CT molecular complexity index is 781. The van der Waals surface area contributed by atoms with E-state index in [2.05, 4.69) is 94.3 Å². The average Bonchev–Trinajstić information content (AvgIpc) is 2.48. The van der Waals surface area contributed by atoms with Crippen molar-refractivity contribution in [3.05, 3.63) is 64.7 Å². The topological polar surface area (TPSA) is 12.4 Å². The third-order valence-corrected chi connectivity index (χ3v) is 4.57. The van der Waals surface area contributed by atoms with Crippen molar-refractivity contribution < 1.29 is 0 Å². The molecule has 0 aliphatic rings. The van der Waals surface area contributed by atoms with Crippen molar-refractivity contribution in [1.82, 2.24) is 0 Å². The number of rotatable bonds is 2. The lowest BCUT2D eigenvalue weighted by molar-refractivity contribution is 1.32. The lowest BCUT2D eigenvalue weighted by atomic mass is 10.00. The molecule has 0 aliphatic heterocycles. The van der Waals surface area contributed by atoms with Crippen LogP contribution in [0.2, 0.25) is 19.6 Å². The van der Waals surface area contributed by atoms with E-state index in [0.717, 1.165) is 17.0 Å². The largest absolute Gasteiger partial charge is 0.239 e. The summed E-state index contributed by atoms with van der Waals surface area (Å²) in [5, 5.41) is 0. The normalized spacial score (nSPS) is 11.8. The summed E-state index contributed by atoms with van der Waals surface area (Å²) in [6.07, 6.45) is 0. The minimum atomic E-state index is -1.45. The fourth-order valence-corrected chi connectivity index (χ4v) is 2.65. The van der Waals surface area contributed by atoms with Crippen molar-refractivity contribution in [3.8, 4) is 11.5 Å². The molecule has 0 aromatic heterocycles. The predicted molar refractivity (Wildman–Crippen MR) is 104 cm³/mol. The smallest absolute Gasteiger partial charge is 0.129 e. The zero-order chi connectivity index (χ0) is 17.0. The van der Waals surface area contributed by atoms with Gasteiger partial charge < -0.3 is 0 Å². The van der Waals surface area contributed by atoms with Gasteiger partial charge in [-0.3, -0.25) is 0 Å². The zero-order valence-corrected chi connectivity index (χ0v) is 16.0. The number of benzene rings is 2. The van der Waals surface area contributed by atoms with Gasteiger partial charge >= 0.3 is 0 Å². The SMILES string of the molecule is Cc1ccc(N=C(C#C[Si](C)(C)C)c2cccc(C)c2C)cc1. The summed E-state index contributed by atoms with van der Waals surface area (Å²) in [6.45, 7) is 13.1. The molecule has 23 heavy (non-hydrogen) atoms. The standard InChI is InChI=1S/C21H25NSi/c1-16-10-12-19(13-11-16)22-21(14-15-23(4,5)6)20-9-7-8-17(2)18(20)3/h7-13H,1-6H3. The molecular weight excluding hydrogens is 294 g/mol. The van der Waals surface area contributed by atoms with E-state index in [-0.39, 0.29) is 0 Å². The van der Waals surface area contributed by atoms with E-state index in [0.29, 0.717) is 0 Å². The van der Waals surface area contributed by atoms with Crippen LogP contribution in [-0.4, -0.2) is 13.8 Å². The molecule has 0 aliphatic carbocycles. The fraction of sp³-hybridized carbons (Fsp3) is 0.286. The maximum absolute atomic E-state index is 4.84. The van der Waals surface area contributed by atoms with Crippen molar-refractivity contribution in [2.75, 3.05) is 0 Å². The van der Waals surface area contributed by atoms with Gasteiger partial charge in [0.25, 0.3) is 0 Å². The quantitative estimate of drug-likeness (QED) is 0.387. The molecule has 0 saturated carbocycles. The Kier molecular flexibility index (Phi) is 5.23. The molecule has 0 N–H and O–H groups in total. The molecular formula is C21H25NSi. The van der Waals surface area contributed by atoms with Gasteiger partial charge in [0, 0.05) is 5.56 Å². The van der Waals surface area contributed by atoms with Crippen LogP contribution in [-0.2, 0) is 0 Å². The molecule has 0 atom stereocenters. The van der Waals surface area contributed by atoms with E-state index in [9.17, 15) is 0 Å². The third kappa shape index (κ3) is 4.94. The van der Waals surface area contributed by atoms with Crippen molar-refractivity contribution in [2.24, 2.45) is 4.99 Å². The summed E-state index contributed by atoms with van der Waals surface area (Å²) < 4.78 is 0. The van der Waals surface area contributed by atoms with Gasteiger partial charge in [0.15, 0.2) is 0 Å². The maximum atomic E-state index is 4.84. The summed E-state index contributed by atoms with van der Waals surface area (Å²) in [7, 11) is -1.45. The molecule has 2 aromatic rings. The molecule has 2 heteroatoms. The van der Waals surface area contributed by atoms with E-state index in [1.54, 1.807) is 0 Å². The highest BCUT2D eigenvalue weighted by atomic mass is 28.3. The molecule has 0 radical (unpaired) electrons. The Labute approximate surface area is 141 Å². The number of hydrogen-bond acceptors (Lipinski definition) is 1. The van der Waals surface area contributed by atoms with Gasteiger partial charge in [-0.2, -0.15) is 0 Å². The summed E-state index contributed by atoms with van der Waals surface area (Å²) in [4.78, 5) is 4.84. The molecule has 0 heterocycles. The Morgan fingerprint density at radius 3 is 2.17 bits per heavy atom. The van der Waals surface area contributed by atoms with Crippen molar-refractivity contribution >= 4 is 19.5 Å². The number of aryl methyl sites for hydroxylation is 2. The molecule has 1 nitrogen and oxygen atoms in total. The Hall–Kier alpha value is -2.11. The van der Waals surface area contributed by atoms with Crippen LogP contribution < -0.4 is 0 Å². The van der Waals surface area contributed by atoms with Crippen LogP contribution in [0.15, 0.2) is 47.5 Å². The highest BCUT2D eigenvalue weighted by Crippen LogP contribution is 2.18. The van der Waals surface area contributed by atoms with Crippen LogP contribution >= 0.6 is 0 Å². The second-order valence-corrected chi connectivity index (χ2v) is 11.8. The Morgan fingerprint density at radius 1 is 0.913 bits per heavy atom. The first-order valence-corrected chi connectivity index (χ1v) is 11.5. The lowest BCUT2D eigenvalue weighted by Crippen LogP contribution is -2.17. The first-order chi connectivity index (χ1) is 10.8. The third-order valence-electron chi connectivity index (χ3n) is 3.69. The van der Waals surface area contributed by atoms with Gasteiger partial charge in [-0.1, -0.05) is 61.5 Å². The molecule has 0 fully saturated rings. The van der Waals surface area contributed by atoms with Crippen LogP contribution in [0.3, 0.4) is 0 Å². The molecule has 0 spiro atoms. The summed E-state index contributed by atoms with van der Waals surface area (Å²) in [6, 6.07) is 14.6. The van der Waals surface area contributed by atoms with Gasteiger partial charge in [-0.15, -0.1) is 5.54 Å². The van der Waals surface area contributed by atoms with E-state index < -0.39 is 8.07 Å². The molecule has 2 rings (SSSR count). The van der Waals surface area contributed by atoms with Crippen LogP contribution in [0.25, 0.3) is 0 Å². The number of hydrogen-bond donors (Lipinski definition) is 0. The molecule has 0 bridgehead atoms. The minimum Gasteiger partial charge on any atom is -0.239 e. The van der Waals surface area contributed by atoms with Gasteiger partial charge in [0.2, 0.25) is 0 Å². The molecule has 2 aromatic carbocycles. The fourth-order valence-electron chi connectivity index (χ4n) is 2.16. The van der Waals surface area contributed by atoms with E-state index >= 15 is 0 Å².